The first-order valence-electron chi connectivity index (χ1n) is 9.20. The van der Waals surface area contributed by atoms with Gasteiger partial charge in [-0.2, -0.15) is 0 Å². The first-order valence-corrected chi connectivity index (χ1v) is 9.20. The van der Waals surface area contributed by atoms with Crippen molar-refractivity contribution in [3.63, 3.8) is 0 Å². The number of nitrogens with one attached hydrogen (secondary N) is 1. The minimum atomic E-state index is -0.169. The van der Waals surface area contributed by atoms with E-state index in [2.05, 4.69) is 23.3 Å². The Morgan fingerprint density at radius 2 is 2.00 bits per heavy atom. The van der Waals surface area contributed by atoms with Crippen molar-refractivity contribution >= 4 is 34.7 Å². The highest BCUT2D eigenvalue weighted by molar-refractivity contribution is 5.92. The van der Waals surface area contributed by atoms with Crippen LogP contribution in [0.3, 0.4) is 0 Å². The number of hydrogen-bond acceptors (Lipinski definition) is 4. The summed E-state index contributed by atoms with van der Waals surface area (Å²) in [6.07, 6.45) is 4.90. The van der Waals surface area contributed by atoms with Crippen LogP contribution in [0.25, 0.3) is 17.0 Å². The molecule has 1 saturated heterocycles. The number of aryl methyl sites for hydroxylation is 1. The Hall–Kier alpha value is -3.41. The van der Waals surface area contributed by atoms with E-state index >= 15 is 0 Å². The Bertz CT molecular complexity index is 1060. The van der Waals surface area contributed by atoms with Gasteiger partial charge >= 0.3 is 0 Å². The fourth-order valence-electron chi connectivity index (χ4n) is 3.44. The quantitative estimate of drug-likeness (QED) is 0.705. The molecule has 6 nitrogen and oxygen atoms in total. The van der Waals surface area contributed by atoms with Crippen LogP contribution in [0.5, 0.6) is 0 Å². The first-order chi connectivity index (χ1) is 13.5. The van der Waals surface area contributed by atoms with E-state index in [1.165, 1.54) is 6.92 Å². The third kappa shape index (κ3) is 3.53. The molecule has 2 aromatic heterocycles. The predicted molar refractivity (Wildman–Crippen MR) is 108 cm³/mol. The SMILES string of the molecule is CC(=O)Nc1ccc(/C=C/C(=O)N2CC(c3oc4ccccc4c3C)C2)cn1. The molecule has 1 aliphatic heterocycles. The lowest BCUT2D eigenvalue weighted by molar-refractivity contribution is -0.130. The number of likely N-dealkylation sites (tertiary alicyclic amines) is 1. The number of benzene rings is 1. The number of para-hydroxylation sites is 1. The maximum absolute atomic E-state index is 12.4. The lowest BCUT2D eigenvalue weighted by Gasteiger charge is -2.37. The van der Waals surface area contributed by atoms with Crippen LogP contribution in [0.1, 0.15) is 29.7 Å². The summed E-state index contributed by atoms with van der Waals surface area (Å²) in [7, 11) is 0. The van der Waals surface area contributed by atoms with Gasteiger partial charge in [0.15, 0.2) is 0 Å². The second-order valence-electron chi connectivity index (χ2n) is 7.02. The lowest BCUT2D eigenvalue weighted by atomic mass is 9.94. The second-order valence-corrected chi connectivity index (χ2v) is 7.02. The van der Waals surface area contributed by atoms with Crippen LogP contribution in [0.15, 0.2) is 53.1 Å². The molecule has 1 N–H and O–H groups in total. The fourth-order valence-corrected chi connectivity index (χ4v) is 3.44. The summed E-state index contributed by atoms with van der Waals surface area (Å²) in [5.41, 5.74) is 2.86. The smallest absolute Gasteiger partial charge is 0.246 e. The van der Waals surface area contributed by atoms with E-state index in [9.17, 15) is 9.59 Å². The summed E-state index contributed by atoms with van der Waals surface area (Å²) in [6.45, 7) is 4.82. The summed E-state index contributed by atoms with van der Waals surface area (Å²) >= 11 is 0. The normalized spacial score (nSPS) is 14.4. The average Bonchev–Trinajstić information content (AvgIpc) is 2.96. The topological polar surface area (TPSA) is 75.4 Å². The van der Waals surface area contributed by atoms with E-state index < -0.39 is 0 Å². The van der Waals surface area contributed by atoms with Crippen LogP contribution in [0.4, 0.5) is 5.82 Å². The summed E-state index contributed by atoms with van der Waals surface area (Å²) in [5.74, 6) is 1.51. The van der Waals surface area contributed by atoms with Crippen LogP contribution < -0.4 is 5.32 Å². The molecule has 4 rings (SSSR count). The van der Waals surface area contributed by atoms with E-state index in [4.69, 9.17) is 4.42 Å². The molecule has 0 radical (unpaired) electrons. The minimum absolute atomic E-state index is 0.0315. The highest BCUT2D eigenvalue weighted by Crippen LogP contribution is 2.35. The van der Waals surface area contributed by atoms with Gasteiger partial charge in [0.05, 0.1) is 5.92 Å². The van der Waals surface area contributed by atoms with E-state index in [-0.39, 0.29) is 17.7 Å². The molecule has 0 spiro atoms. The lowest BCUT2D eigenvalue weighted by Crippen LogP contribution is -2.47. The maximum atomic E-state index is 12.4. The first kappa shape index (κ1) is 18.0. The molecule has 1 aromatic carbocycles. The Labute approximate surface area is 162 Å². The summed E-state index contributed by atoms with van der Waals surface area (Å²) in [6, 6.07) is 11.5. The number of fused-ring (bicyclic) bond motifs is 1. The van der Waals surface area contributed by atoms with Gasteiger partial charge in [-0.15, -0.1) is 0 Å². The minimum Gasteiger partial charge on any atom is -0.460 e. The summed E-state index contributed by atoms with van der Waals surface area (Å²) in [5, 5.41) is 3.75. The highest BCUT2D eigenvalue weighted by atomic mass is 16.3. The van der Waals surface area contributed by atoms with Crippen molar-refractivity contribution in [1.82, 2.24) is 9.88 Å². The van der Waals surface area contributed by atoms with Crippen molar-refractivity contribution in [1.29, 1.82) is 0 Å². The van der Waals surface area contributed by atoms with Crippen LogP contribution in [-0.4, -0.2) is 34.8 Å². The van der Waals surface area contributed by atoms with Crippen molar-refractivity contribution in [2.24, 2.45) is 0 Å². The highest BCUT2D eigenvalue weighted by Gasteiger charge is 2.34. The number of pyridine rings is 1. The number of anilines is 1. The average molecular weight is 375 g/mol. The second kappa shape index (κ2) is 7.31. The van der Waals surface area contributed by atoms with Crippen LogP contribution >= 0.6 is 0 Å². The van der Waals surface area contributed by atoms with E-state index in [1.807, 2.05) is 18.2 Å². The molecule has 0 saturated carbocycles. The van der Waals surface area contributed by atoms with Gasteiger partial charge in [0.1, 0.15) is 17.2 Å². The predicted octanol–water partition coefficient (Wildman–Crippen LogP) is 3.73. The number of rotatable bonds is 4. The molecule has 1 aliphatic rings. The number of carbonyl (C=O) groups excluding carboxylic acids is 2. The number of amides is 2. The number of aromatic nitrogens is 1. The molecule has 6 heteroatoms. The molecule has 3 heterocycles. The molecule has 1 fully saturated rings. The van der Waals surface area contributed by atoms with Crippen molar-refractivity contribution in [3.8, 4) is 0 Å². The standard InChI is InChI=1S/C22H21N3O3/c1-14-18-5-3-4-6-19(18)28-22(14)17-12-25(13-17)21(27)10-8-16-7-9-20(23-11-16)24-15(2)26/h3-11,17H,12-13H2,1-2H3,(H,23,24,26)/b10-8+. The maximum Gasteiger partial charge on any atom is 0.246 e. The zero-order chi connectivity index (χ0) is 19.7. The number of carbonyl (C=O) groups is 2. The molecule has 28 heavy (non-hydrogen) atoms. The molecule has 142 valence electrons. The molecule has 2 amide bonds. The Balaban J connectivity index is 1.36. The monoisotopic (exact) mass is 375 g/mol. The van der Waals surface area contributed by atoms with Crippen molar-refractivity contribution in [2.45, 2.75) is 19.8 Å². The molecular formula is C22H21N3O3. The molecule has 0 atom stereocenters. The van der Waals surface area contributed by atoms with Gasteiger partial charge < -0.3 is 14.6 Å². The zero-order valence-corrected chi connectivity index (χ0v) is 15.8. The molecule has 3 aromatic rings. The molecule has 0 unspecified atom stereocenters. The van der Waals surface area contributed by atoms with Gasteiger partial charge in [0, 0.05) is 37.7 Å². The number of hydrogen-bond donors (Lipinski definition) is 1. The Morgan fingerprint density at radius 1 is 1.21 bits per heavy atom. The Morgan fingerprint density at radius 3 is 2.68 bits per heavy atom. The van der Waals surface area contributed by atoms with Crippen LogP contribution in [0, 0.1) is 6.92 Å². The molecular weight excluding hydrogens is 354 g/mol. The third-order valence-corrected chi connectivity index (χ3v) is 4.95. The fraction of sp³-hybridized carbons (Fsp3) is 0.227. The summed E-state index contributed by atoms with van der Waals surface area (Å²) in [4.78, 5) is 29.3. The summed E-state index contributed by atoms with van der Waals surface area (Å²) < 4.78 is 6.00. The van der Waals surface area contributed by atoms with Crippen LogP contribution in [-0.2, 0) is 9.59 Å². The van der Waals surface area contributed by atoms with Crippen molar-refractivity contribution in [2.75, 3.05) is 18.4 Å². The number of furan rings is 1. The van der Waals surface area contributed by atoms with Gasteiger partial charge in [0.25, 0.3) is 0 Å². The van der Waals surface area contributed by atoms with Gasteiger partial charge in [-0.25, -0.2) is 4.98 Å². The zero-order valence-electron chi connectivity index (χ0n) is 15.8. The van der Waals surface area contributed by atoms with E-state index in [0.717, 1.165) is 27.9 Å². The van der Waals surface area contributed by atoms with Gasteiger partial charge in [-0.05, 0) is 42.3 Å². The largest absolute Gasteiger partial charge is 0.460 e. The van der Waals surface area contributed by atoms with Crippen LogP contribution in [0.2, 0.25) is 0 Å². The Kier molecular flexibility index (Phi) is 4.69. The molecule has 0 aliphatic carbocycles. The van der Waals surface area contributed by atoms with Gasteiger partial charge in [-0.3, -0.25) is 9.59 Å². The van der Waals surface area contributed by atoms with E-state index in [1.54, 1.807) is 35.4 Å². The third-order valence-electron chi connectivity index (χ3n) is 4.95. The van der Waals surface area contributed by atoms with Crippen molar-refractivity contribution < 1.29 is 14.0 Å². The molecule has 0 bridgehead atoms. The van der Waals surface area contributed by atoms with Gasteiger partial charge in [0.2, 0.25) is 11.8 Å². The number of nitrogens with zero attached hydrogens (tertiary/aromatic N) is 2. The van der Waals surface area contributed by atoms with Gasteiger partial charge in [-0.1, -0.05) is 18.2 Å². The van der Waals surface area contributed by atoms with E-state index in [0.29, 0.717) is 18.9 Å². The van der Waals surface area contributed by atoms with Crippen molar-refractivity contribution in [3.05, 3.63) is 65.6 Å².